The summed E-state index contributed by atoms with van der Waals surface area (Å²) < 4.78 is 0. The molecular weight excluding hydrogens is 262 g/mol. The molecule has 2 N–H and O–H groups in total. The van der Waals surface area contributed by atoms with E-state index in [2.05, 4.69) is 35.4 Å². The first kappa shape index (κ1) is 15.8. The van der Waals surface area contributed by atoms with Gasteiger partial charge in [-0.2, -0.15) is 0 Å². The summed E-state index contributed by atoms with van der Waals surface area (Å²) in [6, 6.07) is 6.16. The molecule has 0 aliphatic carbocycles. The summed E-state index contributed by atoms with van der Waals surface area (Å²) in [7, 11) is 4.08. The summed E-state index contributed by atoms with van der Waals surface area (Å²) in [5.74, 6) is 0.593. The highest BCUT2D eigenvalue weighted by Crippen LogP contribution is 2.23. The lowest BCUT2D eigenvalue weighted by atomic mass is 10.0. The maximum absolute atomic E-state index is 12.5. The van der Waals surface area contributed by atoms with Gasteiger partial charge in [-0.3, -0.25) is 4.79 Å². The molecule has 0 fully saturated rings. The SMILES string of the molecule is CC(C)CC(CN(C)C)NC(=O)c1ccc2c(c1)NCC2. The van der Waals surface area contributed by atoms with Crippen molar-refractivity contribution in [3.63, 3.8) is 0 Å². The number of hydrogen-bond acceptors (Lipinski definition) is 3. The van der Waals surface area contributed by atoms with Gasteiger partial charge in [0, 0.05) is 30.4 Å². The van der Waals surface area contributed by atoms with Crippen LogP contribution >= 0.6 is 0 Å². The van der Waals surface area contributed by atoms with Gasteiger partial charge in [0.05, 0.1) is 0 Å². The number of benzene rings is 1. The van der Waals surface area contributed by atoms with Crippen molar-refractivity contribution in [1.29, 1.82) is 0 Å². The Bertz CT molecular complexity index is 487. The Hall–Kier alpha value is -1.55. The molecule has 1 unspecified atom stereocenters. The summed E-state index contributed by atoms with van der Waals surface area (Å²) in [6.45, 7) is 6.21. The molecule has 4 heteroatoms. The minimum Gasteiger partial charge on any atom is -0.384 e. The number of likely N-dealkylation sites (N-methyl/N-ethyl adjacent to an activating group) is 1. The highest BCUT2D eigenvalue weighted by atomic mass is 16.1. The van der Waals surface area contributed by atoms with Crippen LogP contribution < -0.4 is 10.6 Å². The molecule has 1 atom stereocenters. The fourth-order valence-electron chi connectivity index (χ4n) is 2.89. The summed E-state index contributed by atoms with van der Waals surface area (Å²) in [4.78, 5) is 14.6. The molecule has 2 rings (SSSR count). The van der Waals surface area contributed by atoms with Crippen LogP contribution in [0.1, 0.15) is 36.2 Å². The van der Waals surface area contributed by atoms with E-state index in [1.54, 1.807) is 0 Å². The van der Waals surface area contributed by atoms with E-state index in [1.807, 2.05) is 26.2 Å². The maximum atomic E-state index is 12.5. The zero-order valence-corrected chi connectivity index (χ0v) is 13.6. The molecule has 0 radical (unpaired) electrons. The Balaban J connectivity index is 2.04. The van der Waals surface area contributed by atoms with Crippen LogP contribution in [0.4, 0.5) is 5.69 Å². The normalized spacial score (nSPS) is 15.0. The second-order valence-corrected chi connectivity index (χ2v) is 6.61. The van der Waals surface area contributed by atoms with E-state index < -0.39 is 0 Å². The molecule has 0 spiro atoms. The lowest BCUT2D eigenvalue weighted by Crippen LogP contribution is -2.42. The van der Waals surface area contributed by atoms with Crippen LogP contribution in [-0.4, -0.2) is 44.0 Å². The zero-order valence-electron chi connectivity index (χ0n) is 13.6. The fourth-order valence-corrected chi connectivity index (χ4v) is 2.89. The molecular formula is C17H27N3O. The predicted molar refractivity (Wildman–Crippen MR) is 87.9 cm³/mol. The minimum absolute atomic E-state index is 0.0269. The zero-order chi connectivity index (χ0) is 15.4. The van der Waals surface area contributed by atoms with Crippen molar-refractivity contribution in [3.05, 3.63) is 29.3 Å². The standard InChI is InChI=1S/C17H27N3O/c1-12(2)9-15(11-20(3)4)19-17(21)14-6-5-13-7-8-18-16(13)10-14/h5-6,10,12,15,18H,7-9,11H2,1-4H3,(H,19,21). The number of carbonyl (C=O) groups is 1. The molecule has 1 aliphatic heterocycles. The van der Waals surface area contributed by atoms with E-state index in [1.165, 1.54) is 5.56 Å². The molecule has 0 bridgehead atoms. The molecule has 1 amide bonds. The third-order valence-corrected chi connectivity index (χ3v) is 3.76. The van der Waals surface area contributed by atoms with E-state index in [-0.39, 0.29) is 11.9 Å². The molecule has 1 aromatic rings. The Morgan fingerprint density at radius 2 is 2.14 bits per heavy atom. The van der Waals surface area contributed by atoms with Crippen LogP contribution in [0, 0.1) is 5.92 Å². The number of anilines is 1. The van der Waals surface area contributed by atoms with E-state index in [4.69, 9.17) is 0 Å². The summed E-state index contributed by atoms with van der Waals surface area (Å²) in [5, 5.41) is 6.50. The molecule has 116 valence electrons. The molecule has 0 saturated carbocycles. The Morgan fingerprint density at radius 3 is 2.81 bits per heavy atom. The lowest BCUT2D eigenvalue weighted by molar-refractivity contribution is 0.0924. The van der Waals surface area contributed by atoms with Crippen molar-refractivity contribution >= 4 is 11.6 Å². The molecule has 0 aromatic heterocycles. The van der Waals surface area contributed by atoms with E-state index in [0.29, 0.717) is 5.92 Å². The lowest BCUT2D eigenvalue weighted by Gasteiger charge is -2.24. The van der Waals surface area contributed by atoms with Crippen molar-refractivity contribution in [2.75, 3.05) is 32.5 Å². The molecule has 21 heavy (non-hydrogen) atoms. The number of nitrogens with one attached hydrogen (secondary N) is 2. The van der Waals surface area contributed by atoms with E-state index >= 15 is 0 Å². The smallest absolute Gasteiger partial charge is 0.251 e. The molecule has 1 aliphatic rings. The van der Waals surface area contributed by atoms with Crippen molar-refractivity contribution in [1.82, 2.24) is 10.2 Å². The van der Waals surface area contributed by atoms with Crippen molar-refractivity contribution in [3.8, 4) is 0 Å². The van der Waals surface area contributed by atoms with Gasteiger partial charge in [-0.1, -0.05) is 19.9 Å². The van der Waals surface area contributed by atoms with Gasteiger partial charge in [-0.05, 0) is 50.6 Å². The van der Waals surface area contributed by atoms with Crippen LogP contribution in [0.3, 0.4) is 0 Å². The Labute approximate surface area is 127 Å². The van der Waals surface area contributed by atoms with Crippen LogP contribution in [0.5, 0.6) is 0 Å². The largest absolute Gasteiger partial charge is 0.384 e. The minimum atomic E-state index is 0.0269. The topological polar surface area (TPSA) is 44.4 Å². The van der Waals surface area contributed by atoms with Gasteiger partial charge in [0.15, 0.2) is 0 Å². The summed E-state index contributed by atoms with van der Waals surface area (Å²) in [5.41, 5.74) is 3.16. The van der Waals surface area contributed by atoms with Crippen molar-refractivity contribution < 1.29 is 4.79 Å². The third-order valence-electron chi connectivity index (χ3n) is 3.76. The number of carbonyl (C=O) groups excluding carboxylic acids is 1. The highest BCUT2D eigenvalue weighted by Gasteiger charge is 2.18. The van der Waals surface area contributed by atoms with Gasteiger partial charge in [0.1, 0.15) is 0 Å². The predicted octanol–water partition coefficient (Wildman–Crippen LogP) is 2.36. The number of rotatable bonds is 6. The second kappa shape index (κ2) is 6.94. The number of fused-ring (bicyclic) bond motifs is 1. The van der Waals surface area contributed by atoms with Crippen LogP contribution in [0.25, 0.3) is 0 Å². The van der Waals surface area contributed by atoms with Gasteiger partial charge in [0.25, 0.3) is 5.91 Å². The molecule has 1 aromatic carbocycles. The Morgan fingerprint density at radius 1 is 1.38 bits per heavy atom. The van der Waals surface area contributed by atoms with E-state index in [9.17, 15) is 4.79 Å². The van der Waals surface area contributed by atoms with Crippen LogP contribution in [-0.2, 0) is 6.42 Å². The summed E-state index contributed by atoms with van der Waals surface area (Å²) >= 11 is 0. The second-order valence-electron chi connectivity index (χ2n) is 6.61. The summed E-state index contributed by atoms with van der Waals surface area (Å²) in [6.07, 6.45) is 2.04. The van der Waals surface area contributed by atoms with Crippen molar-refractivity contribution in [2.24, 2.45) is 5.92 Å². The number of hydrogen-bond donors (Lipinski definition) is 2. The highest BCUT2D eigenvalue weighted by molar-refractivity contribution is 5.95. The van der Waals surface area contributed by atoms with Crippen molar-refractivity contribution in [2.45, 2.75) is 32.7 Å². The van der Waals surface area contributed by atoms with E-state index in [0.717, 1.165) is 37.2 Å². The molecule has 0 saturated heterocycles. The van der Waals surface area contributed by atoms with Gasteiger partial charge >= 0.3 is 0 Å². The molecule has 1 heterocycles. The van der Waals surface area contributed by atoms with Gasteiger partial charge in [-0.25, -0.2) is 0 Å². The average Bonchev–Trinajstić information content (AvgIpc) is 2.83. The fraction of sp³-hybridized carbons (Fsp3) is 0.588. The van der Waals surface area contributed by atoms with Crippen LogP contribution in [0.2, 0.25) is 0 Å². The Kier molecular flexibility index (Phi) is 5.23. The maximum Gasteiger partial charge on any atom is 0.251 e. The quantitative estimate of drug-likeness (QED) is 0.845. The van der Waals surface area contributed by atoms with Gasteiger partial charge < -0.3 is 15.5 Å². The first-order valence-electron chi connectivity index (χ1n) is 7.78. The number of amides is 1. The van der Waals surface area contributed by atoms with Gasteiger partial charge in [-0.15, -0.1) is 0 Å². The molecule has 4 nitrogen and oxygen atoms in total. The van der Waals surface area contributed by atoms with Gasteiger partial charge in [0.2, 0.25) is 0 Å². The third kappa shape index (κ3) is 4.46. The average molecular weight is 289 g/mol. The first-order valence-corrected chi connectivity index (χ1v) is 7.78. The number of nitrogens with zero attached hydrogens (tertiary/aromatic N) is 1. The monoisotopic (exact) mass is 289 g/mol. The van der Waals surface area contributed by atoms with Crippen LogP contribution in [0.15, 0.2) is 18.2 Å². The first-order chi connectivity index (χ1) is 9.95.